The molecule has 4 aromatic rings. The van der Waals surface area contributed by atoms with E-state index in [-0.39, 0.29) is 31.4 Å². The van der Waals surface area contributed by atoms with E-state index < -0.39 is 0 Å². The van der Waals surface area contributed by atoms with E-state index in [0.717, 1.165) is 45.5 Å². The van der Waals surface area contributed by atoms with E-state index in [1.165, 1.54) is 7.11 Å². The Bertz CT molecular complexity index is 1640. The van der Waals surface area contributed by atoms with Crippen LogP contribution < -0.4 is 25.0 Å². The van der Waals surface area contributed by atoms with E-state index in [9.17, 15) is 4.79 Å². The number of ether oxygens (including phenoxy) is 3. The van der Waals surface area contributed by atoms with Gasteiger partial charge in [-0.05, 0) is 80.2 Å². The monoisotopic (exact) mass is 589 g/mol. The molecule has 2 atom stereocenters. The molecular formula is C30H28ClN5O4S. The molecule has 0 aliphatic carbocycles. The average molecular weight is 590 g/mol. The number of amides is 1. The van der Waals surface area contributed by atoms with Crippen LogP contribution in [0, 0.1) is 13.8 Å². The molecule has 1 saturated heterocycles. The Hall–Kier alpha value is -4.12. The van der Waals surface area contributed by atoms with Crippen LogP contribution in [0.25, 0.3) is 5.69 Å². The summed E-state index contributed by atoms with van der Waals surface area (Å²) in [5.74, 6) is 1.17. The number of aryl methyl sites for hydroxylation is 1. The van der Waals surface area contributed by atoms with Gasteiger partial charge in [-0.2, -0.15) is 0 Å². The van der Waals surface area contributed by atoms with E-state index >= 15 is 0 Å². The summed E-state index contributed by atoms with van der Waals surface area (Å²) in [5, 5.41) is 7.21. The van der Waals surface area contributed by atoms with Crippen molar-refractivity contribution in [3.05, 3.63) is 94.5 Å². The number of rotatable bonds is 7. The average Bonchev–Trinajstić information content (AvgIpc) is 3.65. The number of thiocarbonyl (C=S) groups is 1. The van der Waals surface area contributed by atoms with Crippen molar-refractivity contribution >= 4 is 46.2 Å². The molecule has 2 aromatic heterocycles. The topological polar surface area (TPSA) is 89.9 Å². The van der Waals surface area contributed by atoms with Crippen molar-refractivity contribution in [1.82, 2.24) is 14.9 Å². The number of hydrogen-bond donors (Lipinski definition) is 2. The summed E-state index contributed by atoms with van der Waals surface area (Å²) < 4.78 is 18.3. The van der Waals surface area contributed by atoms with Gasteiger partial charge in [-0.15, -0.1) is 0 Å². The summed E-state index contributed by atoms with van der Waals surface area (Å²) in [6.45, 7) is 4.33. The van der Waals surface area contributed by atoms with Crippen LogP contribution in [0.4, 0.5) is 11.4 Å². The molecule has 41 heavy (non-hydrogen) atoms. The van der Waals surface area contributed by atoms with Crippen molar-refractivity contribution in [3.8, 4) is 17.2 Å². The molecule has 1 amide bonds. The van der Waals surface area contributed by atoms with Crippen molar-refractivity contribution in [1.29, 1.82) is 0 Å². The highest BCUT2D eigenvalue weighted by Crippen LogP contribution is 2.45. The van der Waals surface area contributed by atoms with Gasteiger partial charge in [-0.3, -0.25) is 9.78 Å². The first-order valence-corrected chi connectivity index (χ1v) is 13.8. The maximum atomic E-state index is 12.1. The Morgan fingerprint density at radius 2 is 1.93 bits per heavy atom. The first kappa shape index (κ1) is 27.1. The zero-order chi connectivity index (χ0) is 28.7. The standard InChI is InChI=1S/C30H28ClN5O4S/c1-17-12-21(18(2)35(17)20-8-10-25-26(14-20)40-16-39-25)29-28(24-6-4-5-11-32-24)34-30(41)36(29)19-7-9-23(22(31)13-19)33-27(37)15-38-3/h4-14,28-29H,15-16H2,1-3H3,(H,33,37)(H,34,41)/t28-,29-/m1/s1. The molecule has 11 heteroatoms. The lowest BCUT2D eigenvalue weighted by Gasteiger charge is -2.28. The number of benzene rings is 2. The van der Waals surface area contributed by atoms with Crippen LogP contribution in [-0.2, 0) is 9.53 Å². The Kier molecular flexibility index (Phi) is 7.29. The summed E-state index contributed by atoms with van der Waals surface area (Å²) in [6.07, 6.45) is 1.78. The normalized spacial score (nSPS) is 17.6. The number of nitrogens with one attached hydrogen (secondary N) is 2. The molecule has 2 N–H and O–H groups in total. The molecule has 1 fully saturated rings. The van der Waals surface area contributed by atoms with Gasteiger partial charge in [0.1, 0.15) is 6.61 Å². The first-order valence-electron chi connectivity index (χ1n) is 13.0. The quantitative estimate of drug-likeness (QED) is 0.268. The predicted octanol–water partition coefficient (Wildman–Crippen LogP) is 5.63. The molecule has 0 unspecified atom stereocenters. The van der Waals surface area contributed by atoms with Crippen LogP contribution in [0.1, 0.15) is 34.7 Å². The summed E-state index contributed by atoms with van der Waals surface area (Å²) in [4.78, 5) is 18.8. The maximum Gasteiger partial charge on any atom is 0.250 e. The molecule has 2 aliphatic rings. The van der Waals surface area contributed by atoms with Crippen molar-refractivity contribution in [3.63, 3.8) is 0 Å². The molecule has 210 valence electrons. The molecule has 2 aliphatic heterocycles. The number of halogens is 1. The number of nitrogens with zero attached hydrogens (tertiary/aromatic N) is 3. The van der Waals surface area contributed by atoms with Crippen LogP contribution in [0.3, 0.4) is 0 Å². The largest absolute Gasteiger partial charge is 0.454 e. The van der Waals surface area contributed by atoms with Gasteiger partial charge in [-0.25, -0.2) is 0 Å². The van der Waals surface area contributed by atoms with Crippen LogP contribution in [-0.4, -0.2) is 41.1 Å². The van der Waals surface area contributed by atoms with E-state index in [1.807, 2.05) is 48.5 Å². The summed E-state index contributed by atoms with van der Waals surface area (Å²) in [6, 6.07) is 19.0. The Balaban J connectivity index is 1.44. The molecular weight excluding hydrogens is 562 g/mol. The van der Waals surface area contributed by atoms with Crippen molar-refractivity contribution in [2.45, 2.75) is 25.9 Å². The van der Waals surface area contributed by atoms with E-state index in [2.05, 4.69) is 45.0 Å². The second kappa shape index (κ2) is 11.0. The second-order valence-electron chi connectivity index (χ2n) is 9.84. The highest BCUT2D eigenvalue weighted by molar-refractivity contribution is 7.80. The number of anilines is 2. The number of carbonyl (C=O) groups is 1. The zero-order valence-electron chi connectivity index (χ0n) is 22.7. The number of aromatic nitrogens is 2. The lowest BCUT2D eigenvalue weighted by atomic mass is 9.96. The Morgan fingerprint density at radius 3 is 2.68 bits per heavy atom. The molecule has 0 saturated carbocycles. The summed E-state index contributed by atoms with van der Waals surface area (Å²) >= 11 is 12.6. The first-order chi connectivity index (χ1) is 19.9. The third kappa shape index (κ3) is 4.99. The minimum atomic E-state index is -0.287. The Labute approximate surface area is 248 Å². The third-order valence-corrected chi connectivity index (χ3v) is 7.91. The fraction of sp³-hybridized carbons (Fsp3) is 0.233. The molecule has 0 spiro atoms. The van der Waals surface area contributed by atoms with Crippen LogP contribution in [0.5, 0.6) is 11.5 Å². The van der Waals surface area contributed by atoms with Gasteiger partial charge in [0.2, 0.25) is 12.7 Å². The van der Waals surface area contributed by atoms with Gasteiger partial charge in [0.05, 0.1) is 28.5 Å². The molecule has 4 heterocycles. The zero-order valence-corrected chi connectivity index (χ0v) is 24.3. The minimum Gasteiger partial charge on any atom is -0.454 e. The lowest BCUT2D eigenvalue weighted by Crippen LogP contribution is -2.29. The van der Waals surface area contributed by atoms with Crippen LogP contribution in [0.15, 0.2) is 66.9 Å². The number of methoxy groups -OCH3 is 1. The summed E-state index contributed by atoms with van der Waals surface area (Å²) in [5.41, 5.74) is 6.31. The van der Waals surface area contributed by atoms with E-state index in [0.29, 0.717) is 15.8 Å². The summed E-state index contributed by atoms with van der Waals surface area (Å²) in [7, 11) is 1.47. The highest BCUT2D eigenvalue weighted by atomic mass is 35.5. The molecule has 9 nitrogen and oxygen atoms in total. The van der Waals surface area contributed by atoms with Gasteiger partial charge >= 0.3 is 0 Å². The molecule has 6 rings (SSSR count). The van der Waals surface area contributed by atoms with Gasteiger partial charge in [-0.1, -0.05) is 17.7 Å². The van der Waals surface area contributed by atoms with Crippen molar-refractivity contribution in [2.75, 3.05) is 30.7 Å². The lowest BCUT2D eigenvalue weighted by molar-refractivity contribution is -0.119. The number of pyridine rings is 1. The number of carbonyl (C=O) groups excluding carboxylic acids is 1. The van der Waals surface area contributed by atoms with Crippen LogP contribution in [0.2, 0.25) is 5.02 Å². The maximum absolute atomic E-state index is 12.1. The van der Waals surface area contributed by atoms with Gasteiger partial charge < -0.3 is 34.3 Å². The van der Waals surface area contributed by atoms with Crippen LogP contribution >= 0.6 is 23.8 Å². The highest BCUT2D eigenvalue weighted by Gasteiger charge is 2.42. The predicted molar refractivity (Wildman–Crippen MR) is 161 cm³/mol. The second-order valence-corrected chi connectivity index (χ2v) is 10.6. The Morgan fingerprint density at radius 1 is 1.12 bits per heavy atom. The van der Waals surface area contributed by atoms with Gasteiger partial charge in [0, 0.05) is 42.1 Å². The minimum absolute atomic E-state index is 0.0645. The number of hydrogen-bond acceptors (Lipinski definition) is 6. The van der Waals surface area contributed by atoms with Crippen molar-refractivity contribution in [2.24, 2.45) is 0 Å². The van der Waals surface area contributed by atoms with E-state index in [1.54, 1.807) is 12.3 Å². The smallest absolute Gasteiger partial charge is 0.250 e. The van der Waals surface area contributed by atoms with Gasteiger partial charge in [0.15, 0.2) is 16.6 Å². The van der Waals surface area contributed by atoms with Gasteiger partial charge in [0.25, 0.3) is 0 Å². The number of fused-ring (bicyclic) bond motifs is 1. The van der Waals surface area contributed by atoms with Crippen molar-refractivity contribution < 1.29 is 19.0 Å². The molecule has 0 radical (unpaired) electrons. The molecule has 2 aromatic carbocycles. The SMILES string of the molecule is COCC(=O)Nc1ccc(N2C(=S)N[C@H](c3ccccn3)[C@H]2c2cc(C)n(-c3ccc4c(c3)OCO4)c2C)cc1Cl. The molecule has 0 bridgehead atoms. The third-order valence-electron chi connectivity index (χ3n) is 7.28. The fourth-order valence-corrected chi connectivity index (χ4v) is 6.10. The fourth-order valence-electron chi connectivity index (χ4n) is 5.53. The van der Waals surface area contributed by atoms with E-state index in [4.69, 9.17) is 38.0 Å².